The molecule has 1 aromatic heterocycles. The van der Waals surface area contributed by atoms with E-state index in [2.05, 4.69) is 5.32 Å². The van der Waals surface area contributed by atoms with Crippen molar-refractivity contribution in [2.24, 2.45) is 0 Å². The molecule has 1 N–H and O–H groups in total. The highest BCUT2D eigenvalue weighted by Crippen LogP contribution is 2.44. The first-order valence-corrected chi connectivity index (χ1v) is 13.7. The molecule has 1 aliphatic rings. The van der Waals surface area contributed by atoms with E-state index in [4.69, 9.17) is 40.4 Å². The summed E-state index contributed by atoms with van der Waals surface area (Å²) in [6, 6.07) is 14.8. The Hall–Kier alpha value is -4.12. The minimum atomic E-state index is -0.885. The van der Waals surface area contributed by atoms with E-state index >= 15 is 0 Å². The van der Waals surface area contributed by atoms with Gasteiger partial charge in [0.15, 0.2) is 0 Å². The second-order valence-corrected chi connectivity index (χ2v) is 9.86. The van der Waals surface area contributed by atoms with Gasteiger partial charge >= 0.3 is 11.9 Å². The molecular formula is C31H34ClN3O7. The Bertz CT molecular complexity index is 1450. The van der Waals surface area contributed by atoms with Gasteiger partial charge in [-0.15, -0.1) is 0 Å². The maximum Gasteiger partial charge on any atom is 0.336 e. The van der Waals surface area contributed by atoms with Crippen LogP contribution >= 0.6 is 11.6 Å². The van der Waals surface area contributed by atoms with E-state index in [-0.39, 0.29) is 37.6 Å². The number of benzene rings is 2. The Kier molecular flexibility index (Phi) is 10.4. The lowest BCUT2D eigenvalue weighted by atomic mass is 9.79. The minimum Gasteiger partial charge on any atom is -0.495 e. The number of nitrogens with one attached hydrogen (secondary N) is 1. The van der Waals surface area contributed by atoms with Crippen molar-refractivity contribution >= 4 is 23.5 Å². The highest BCUT2D eigenvalue weighted by atomic mass is 35.5. The van der Waals surface area contributed by atoms with E-state index in [0.717, 1.165) is 5.69 Å². The fourth-order valence-corrected chi connectivity index (χ4v) is 5.04. The Labute approximate surface area is 249 Å². The molecule has 0 unspecified atom stereocenters. The first kappa shape index (κ1) is 30.8. The fraction of sp³-hybridized carbons (Fsp3) is 0.323. The highest BCUT2D eigenvalue weighted by Gasteiger charge is 2.40. The molecule has 0 bridgehead atoms. The molecule has 0 atom stereocenters. The predicted molar refractivity (Wildman–Crippen MR) is 158 cm³/mol. The fourth-order valence-electron chi connectivity index (χ4n) is 4.79. The molecule has 0 amide bonds. The summed E-state index contributed by atoms with van der Waals surface area (Å²) in [6.45, 7) is 4.06. The topological polar surface area (TPSA) is 110 Å². The molecule has 0 fully saturated rings. The second-order valence-electron chi connectivity index (χ2n) is 9.46. The summed E-state index contributed by atoms with van der Waals surface area (Å²) in [5.74, 6) is -1.57. The van der Waals surface area contributed by atoms with Crippen molar-refractivity contribution in [3.8, 4) is 22.7 Å². The van der Waals surface area contributed by atoms with Crippen molar-refractivity contribution < 1.29 is 33.3 Å². The molecule has 11 heteroatoms. The highest BCUT2D eigenvalue weighted by molar-refractivity contribution is 6.32. The van der Waals surface area contributed by atoms with Crippen LogP contribution in [0, 0.1) is 0 Å². The molecule has 0 spiro atoms. The summed E-state index contributed by atoms with van der Waals surface area (Å²) in [7, 11) is 4.58. The zero-order chi connectivity index (χ0) is 30.2. The third-order valence-corrected chi connectivity index (χ3v) is 7.04. The smallest absolute Gasteiger partial charge is 0.336 e. The summed E-state index contributed by atoms with van der Waals surface area (Å²) in [5, 5.41) is 8.48. The number of rotatable bonds is 12. The molecule has 2 heterocycles. The van der Waals surface area contributed by atoms with Gasteiger partial charge in [-0.05, 0) is 44.2 Å². The standard InChI is InChI=1S/C31H34ClN3O7/c1-19-26(30(36)41-15-13-38-3)28(27(20(2)33-19)31(37)42-16-14-39-4)23-18-35(22-9-7-6-8-10-22)34-29(23)21-11-12-25(40-5)24(32)17-21/h6-12,17-18,28,33H,13-16H2,1-5H3. The lowest BCUT2D eigenvalue weighted by Crippen LogP contribution is -2.33. The average molecular weight is 596 g/mol. The van der Waals surface area contributed by atoms with Gasteiger partial charge in [0.2, 0.25) is 0 Å². The number of carbonyl (C=O) groups is 2. The van der Waals surface area contributed by atoms with Crippen LogP contribution in [0.15, 0.2) is 77.3 Å². The van der Waals surface area contributed by atoms with E-state index in [0.29, 0.717) is 39.0 Å². The molecule has 3 aromatic rings. The molecule has 0 aliphatic carbocycles. The maximum atomic E-state index is 13.6. The van der Waals surface area contributed by atoms with E-state index < -0.39 is 17.9 Å². The van der Waals surface area contributed by atoms with Crippen molar-refractivity contribution in [3.05, 3.63) is 87.9 Å². The Balaban J connectivity index is 1.95. The Morgan fingerprint density at radius 1 is 0.881 bits per heavy atom. The van der Waals surface area contributed by atoms with Gasteiger partial charge in [0.25, 0.3) is 0 Å². The summed E-state index contributed by atoms with van der Waals surface area (Å²) in [5.41, 5.74) is 4.14. The molecule has 222 valence electrons. The van der Waals surface area contributed by atoms with E-state index in [9.17, 15) is 9.59 Å². The Morgan fingerprint density at radius 3 is 2.00 bits per heavy atom. The van der Waals surface area contributed by atoms with Gasteiger partial charge in [0.1, 0.15) is 19.0 Å². The van der Waals surface area contributed by atoms with E-state index in [1.54, 1.807) is 30.7 Å². The van der Waals surface area contributed by atoms with Crippen LogP contribution in [-0.2, 0) is 28.5 Å². The van der Waals surface area contributed by atoms with Gasteiger partial charge in [-0.2, -0.15) is 5.10 Å². The predicted octanol–water partition coefficient (Wildman–Crippen LogP) is 4.82. The normalized spacial score (nSPS) is 13.7. The van der Waals surface area contributed by atoms with Crippen LogP contribution in [-0.4, -0.2) is 69.5 Å². The lowest BCUT2D eigenvalue weighted by molar-refractivity contribution is -0.141. The zero-order valence-electron chi connectivity index (χ0n) is 24.2. The van der Waals surface area contributed by atoms with Gasteiger partial charge < -0.3 is 29.0 Å². The molecule has 1 aliphatic heterocycles. The number of nitrogens with zero attached hydrogens (tertiary/aromatic N) is 2. The number of dihydropyridines is 1. The number of allylic oxidation sites excluding steroid dienone is 2. The molecule has 4 rings (SSSR count). The quantitative estimate of drug-likeness (QED) is 0.233. The number of para-hydroxylation sites is 1. The molecule has 42 heavy (non-hydrogen) atoms. The van der Waals surface area contributed by atoms with Gasteiger partial charge in [0, 0.05) is 42.9 Å². The lowest BCUT2D eigenvalue weighted by Gasteiger charge is -2.30. The number of carbonyl (C=O) groups excluding carboxylic acids is 2. The zero-order valence-corrected chi connectivity index (χ0v) is 25.0. The average Bonchev–Trinajstić information content (AvgIpc) is 3.42. The third kappa shape index (κ3) is 6.67. The molecular weight excluding hydrogens is 562 g/mol. The summed E-state index contributed by atoms with van der Waals surface area (Å²) in [4.78, 5) is 27.3. The largest absolute Gasteiger partial charge is 0.495 e. The van der Waals surface area contributed by atoms with Gasteiger partial charge in [-0.25, -0.2) is 14.3 Å². The monoisotopic (exact) mass is 595 g/mol. The summed E-state index contributed by atoms with van der Waals surface area (Å²) < 4.78 is 28.3. The van der Waals surface area contributed by atoms with Crippen molar-refractivity contribution in [2.45, 2.75) is 19.8 Å². The first-order valence-electron chi connectivity index (χ1n) is 13.3. The number of hydrogen-bond acceptors (Lipinski definition) is 9. The van der Waals surface area contributed by atoms with Crippen molar-refractivity contribution in [3.63, 3.8) is 0 Å². The third-order valence-electron chi connectivity index (χ3n) is 6.74. The van der Waals surface area contributed by atoms with Crippen molar-refractivity contribution in [2.75, 3.05) is 47.8 Å². The van der Waals surface area contributed by atoms with E-state index in [1.807, 2.05) is 42.6 Å². The molecule has 0 saturated carbocycles. The Morgan fingerprint density at radius 2 is 1.48 bits per heavy atom. The number of hydrogen-bond donors (Lipinski definition) is 1. The van der Waals surface area contributed by atoms with Crippen LogP contribution in [0.25, 0.3) is 16.9 Å². The van der Waals surface area contributed by atoms with Crippen LogP contribution in [0.2, 0.25) is 5.02 Å². The number of halogens is 1. The van der Waals surface area contributed by atoms with E-state index in [1.165, 1.54) is 21.3 Å². The summed E-state index contributed by atoms with van der Waals surface area (Å²) >= 11 is 6.53. The minimum absolute atomic E-state index is 0.0410. The van der Waals surface area contributed by atoms with Crippen LogP contribution in [0.5, 0.6) is 5.75 Å². The molecule has 10 nitrogen and oxygen atoms in total. The first-order chi connectivity index (χ1) is 20.3. The van der Waals surface area contributed by atoms with Crippen LogP contribution in [0.4, 0.5) is 0 Å². The number of methoxy groups -OCH3 is 3. The number of aromatic nitrogens is 2. The van der Waals surface area contributed by atoms with Crippen LogP contribution in [0.3, 0.4) is 0 Å². The van der Waals surface area contributed by atoms with Gasteiger partial charge in [-0.3, -0.25) is 0 Å². The van der Waals surface area contributed by atoms with Gasteiger partial charge in [0.05, 0.1) is 53.8 Å². The number of ether oxygens (including phenoxy) is 5. The molecule has 0 saturated heterocycles. The summed E-state index contributed by atoms with van der Waals surface area (Å²) in [6.07, 6.45) is 1.81. The maximum absolute atomic E-state index is 13.6. The van der Waals surface area contributed by atoms with Crippen LogP contribution in [0.1, 0.15) is 25.3 Å². The molecule has 0 radical (unpaired) electrons. The van der Waals surface area contributed by atoms with Crippen molar-refractivity contribution in [1.29, 1.82) is 0 Å². The van der Waals surface area contributed by atoms with Crippen LogP contribution < -0.4 is 10.1 Å². The second kappa shape index (κ2) is 14.2. The van der Waals surface area contributed by atoms with Gasteiger partial charge in [-0.1, -0.05) is 29.8 Å². The number of esters is 2. The SMILES string of the molecule is COCCOC(=O)C1=C(C)NC(C)=C(C(=O)OCCOC)C1c1cn(-c2ccccc2)nc1-c1ccc(OC)c(Cl)c1. The van der Waals surface area contributed by atoms with Crippen molar-refractivity contribution in [1.82, 2.24) is 15.1 Å². The molecule has 2 aromatic carbocycles.